The highest BCUT2D eigenvalue weighted by Gasteiger charge is 2.21. The number of halogens is 1. The van der Waals surface area contributed by atoms with Gasteiger partial charge in [0.15, 0.2) is 0 Å². The van der Waals surface area contributed by atoms with E-state index in [1.807, 2.05) is 32.0 Å². The molecule has 0 spiro atoms. The van der Waals surface area contributed by atoms with Crippen molar-refractivity contribution in [3.05, 3.63) is 58.6 Å². The van der Waals surface area contributed by atoms with Crippen LogP contribution in [0.15, 0.2) is 47.0 Å². The molecule has 0 atom stereocenters. The van der Waals surface area contributed by atoms with Crippen molar-refractivity contribution >= 4 is 23.1 Å². The Balaban J connectivity index is 1.52. The van der Waals surface area contributed by atoms with Crippen LogP contribution in [0.3, 0.4) is 0 Å². The van der Waals surface area contributed by atoms with Crippen LogP contribution in [-0.4, -0.2) is 40.4 Å². The van der Waals surface area contributed by atoms with Gasteiger partial charge in [-0.1, -0.05) is 41.0 Å². The molecular formula is C24H24ClN3O4. The Hall–Kier alpha value is -3.16. The van der Waals surface area contributed by atoms with Crippen LogP contribution >= 0.6 is 11.6 Å². The largest absolute Gasteiger partial charge is 0.489 e. The molecular weight excluding hydrogens is 430 g/mol. The van der Waals surface area contributed by atoms with Gasteiger partial charge in [-0.2, -0.15) is 4.98 Å². The fraction of sp³-hybridized carbons (Fsp3) is 0.292. The molecule has 2 aromatic carbocycles. The van der Waals surface area contributed by atoms with Crippen molar-refractivity contribution in [1.82, 2.24) is 15.5 Å². The summed E-state index contributed by atoms with van der Waals surface area (Å²) in [4.78, 5) is 15.3. The van der Waals surface area contributed by atoms with Gasteiger partial charge in [0.2, 0.25) is 5.82 Å². The van der Waals surface area contributed by atoms with Gasteiger partial charge < -0.3 is 19.7 Å². The Bertz CT molecular complexity index is 1170. The number of nitrogens with zero attached hydrogens (tertiary/aromatic N) is 2. The number of ether oxygens (including phenoxy) is 1. The van der Waals surface area contributed by atoms with Crippen LogP contribution in [0.2, 0.25) is 5.02 Å². The van der Waals surface area contributed by atoms with E-state index in [9.17, 15) is 4.79 Å². The van der Waals surface area contributed by atoms with Crippen LogP contribution in [0.4, 0.5) is 0 Å². The molecule has 0 saturated heterocycles. The number of carbonyl (C=O) groups is 1. The second-order valence-electron chi connectivity index (χ2n) is 7.82. The minimum Gasteiger partial charge on any atom is -0.489 e. The summed E-state index contributed by atoms with van der Waals surface area (Å²) in [5.41, 5.74) is 5.13. The van der Waals surface area contributed by atoms with Crippen LogP contribution in [-0.2, 0) is 11.2 Å². The number of fused-ring (bicyclic) bond motifs is 1. The number of hydrogen-bond donors (Lipinski definition) is 2. The molecule has 0 radical (unpaired) electrons. The molecule has 8 heteroatoms. The summed E-state index contributed by atoms with van der Waals surface area (Å²) in [5.74, 6) is 0.667. The Morgan fingerprint density at radius 2 is 2.09 bits per heavy atom. The molecule has 4 rings (SSSR count). The maximum absolute atomic E-state index is 10.7. The zero-order valence-electron chi connectivity index (χ0n) is 17.9. The van der Waals surface area contributed by atoms with E-state index >= 15 is 0 Å². The minimum absolute atomic E-state index is 0.0278. The predicted molar refractivity (Wildman–Crippen MR) is 123 cm³/mol. The first-order valence-corrected chi connectivity index (χ1v) is 10.8. The lowest BCUT2D eigenvalue weighted by Gasteiger charge is -2.11. The number of rotatable bonds is 9. The summed E-state index contributed by atoms with van der Waals surface area (Å²) in [6.45, 7) is 4.45. The zero-order chi connectivity index (χ0) is 22.7. The molecule has 0 aliphatic heterocycles. The molecule has 0 bridgehead atoms. The highest BCUT2D eigenvalue weighted by atomic mass is 35.5. The average Bonchev–Trinajstić information content (AvgIpc) is 3.40. The van der Waals surface area contributed by atoms with Gasteiger partial charge in [-0.25, -0.2) is 0 Å². The number of hydrogen-bond acceptors (Lipinski definition) is 6. The zero-order valence-corrected chi connectivity index (χ0v) is 18.6. The van der Waals surface area contributed by atoms with E-state index in [2.05, 4.69) is 27.6 Å². The van der Waals surface area contributed by atoms with Crippen molar-refractivity contribution in [2.75, 3.05) is 13.1 Å². The lowest BCUT2D eigenvalue weighted by Crippen LogP contribution is -2.23. The highest BCUT2D eigenvalue weighted by molar-refractivity contribution is 6.32. The fourth-order valence-corrected chi connectivity index (χ4v) is 3.97. The molecule has 1 aliphatic carbocycles. The first kappa shape index (κ1) is 22.0. The number of aromatic nitrogens is 2. The van der Waals surface area contributed by atoms with Crippen molar-refractivity contribution in [3.63, 3.8) is 0 Å². The third kappa shape index (κ3) is 4.84. The van der Waals surface area contributed by atoms with E-state index in [0.717, 1.165) is 35.1 Å². The second kappa shape index (κ2) is 9.54. The van der Waals surface area contributed by atoms with Crippen LogP contribution < -0.4 is 10.1 Å². The van der Waals surface area contributed by atoms with Gasteiger partial charge in [-0.15, -0.1) is 0 Å². The third-order valence-electron chi connectivity index (χ3n) is 5.13. The van der Waals surface area contributed by atoms with E-state index in [1.54, 1.807) is 12.1 Å². The molecule has 1 aliphatic rings. The third-order valence-corrected chi connectivity index (χ3v) is 5.43. The molecule has 166 valence electrons. The molecule has 0 unspecified atom stereocenters. The summed E-state index contributed by atoms with van der Waals surface area (Å²) >= 11 is 6.35. The fourth-order valence-electron chi connectivity index (χ4n) is 3.74. The van der Waals surface area contributed by atoms with Gasteiger partial charge >= 0.3 is 5.97 Å². The van der Waals surface area contributed by atoms with Crippen LogP contribution in [0.25, 0.3) is 28.4 Å². The lowest BCUT2D eigenvalue weighted by atomic mass is 9.98. The van der Waals surface area contributed by atoms with Crippen molar-refractivity contribution in [2.24, 2.45) is 0 Å². The van der Waals surface area contributed by atoms with E-state index in [4.69, 9.17) is 26.0 Å². The van der Waals surface area contributed by atoms with E-state index in [-0.39, 0.29) is 12.6 Å². The number of benzene rings is 2. The molecule has 7 nitrogen and oxygen atoms in total. The summed E-state index contributed by atoms with van der Waals surface area (Å²) in [7, 11) is 0. The van der Waals surface area contributed by atoms with Gasteiger partial charge in [0.25, 0.3) is 5.89 Å². The summed E-state index contributed by atoms with van der Waals surface area (Å²) in [5, 5.41) is 16.4. The van der Waals surface area contributed by atoms with Crippen molar-refractivity contribution in [1.29, 1.82) is 0 Å². The first-order valence-electron chi connectivity index (χ1n) is 10.5. The van der Waals surface area contributed by atoms with E-state index in [0.29, 0.717) is 29.0 Å². The standard InChI is InChI=1S/C24H24ClN3O4/c1-14(2)31-21-9-7-16(12-20(21)25)24-27-23(28-32-24)19-5-3-4-17-15(6-8-18(17)19)10-11-26-13-22(29)30/h3-7,9,12,14,26H,8,10-11,13H2,1-2H3,(H,29,30). The Morgan fingerprint density at radius 1 is 1.28 bits per heavy atom. The maximum atomic E-state index is 10.7. The Kier molecular flexibility index (Phi) is 6.58. The van der Waals surface area contributed by atoms with Crippen molar-refractivity contribution in [2.45, 2.75) is 32.8 Å². The van der Waals surface area contributed by atoms with Gasteiger partial charge in [0, 0.05) is 11.1 Å². The lowest BCUT2D eigenvalue weighted by molar-refractivity contribution is -0.135. The molecule has 2 N–H and O–H groups in total. The van der Waals surface area contributed by atoms with Crippen LogP contribution in [0.5, 0.6) is 5.75 Å². The molecule has 1 heterocycles. The summed E-state index contributed by atoms with van der Waals surface area (Å²) < 4.78 is 11.2. The summed E-state index contributed by atoms with van der Waals surface area (Å²) in [6, 6.07) is 11.4. The quantitative estimate of drug-likeness (QED) is 0.447. The number of nitrogens with one attached hydrogen (secondary N) is 1. The molecule has 3 aromatic rings. The topological polar surface area (TPSA) is 97.5 Å². The van der Waals surface area contributed by atoms with Crippen LogP contribution in [0.1, 0.15) is 31.4 Å². The Morgan fingerprint density at radius 3 is 2.84 bits per heavy atom. The van der Waals surface area contributed by atoms with Crippen LogP contribution in [0, 0.1) is 0 Å². The monoisotopic (exact) mass is 453 g/mol. The van der Waals surface area contributed by atoms with Gasteiger partial charge in [-0.05, 0) is 68.1 Å². The predicted octanol–water partition coefficient (Wildman–Crippen LogP) is 4.85. The number of aliphatic carboxylic acids is 1. The molecule has 0 saturated carbocycles. The second-order valence-corrected chi connectivity index (χ2v) is 8.23. The molecule has 0 fully saturated rings. The normalized spacial score (nSPS) is 12.7. The smallest absolute Gasteiger partial charge is 0.317 e. The van der Waals surface area contributed by atoms with Crippen molar-refractivity contribution < 1.29 is 19.2 Å². The number of carboxylic acid groups (broad SMARTS) is 1. The van der Waals surface area contributed by atoms with Crippen molar-refractivity contribution in [3.8, 4) is 28.6 Å². The molecule has 32 heavy (non-hydrogen) atoms. The van der Waals surface area contributed by atoms with E-state index < -0.39 is 5.97 Å². The minimum atomic E-state index is -0.857. The van der Waals surface area contributed by atoms with Gasteiger partial charge in [0.05, 0.1) is 17.7 Å². The molecule has 1 aromatic heterocycles. The van der Waals surface area contributed by atoms with E-state index in [1.165, 1.54) is 5.57 Å². The van der Waals surface area contributed by atoms with Gasteiger partial charge in [-0.3, -0.25) is 4.79 Å². The number of allylic oxidation sites excluding steroid dienone is 1. The first-order chi connectivity index (χ1) is 15.4. The van der Waals surface area contributed by atoms with Gasteiger partial charge in [0.1, 0.15) is 5.75 Å². The molecule has 0 amide bonds. The average molecular weight is 454 g/mol. The SMILES string of the molecule is CC(C)Oc1ccc(-c2nc(-c3cccc4c3CC=C4CCNCC(=O)O)no2)cc1Cl. The summed E-state index contributed by atoms with van der Waals surface area (Å²) in [6.07, 6.45) is 3.73. The maximum Gasteiger partial charge on any atom is 0.317 e. The number of carboxylic acids is 1. The highest BCUT2D eigenvalue weighted by Crippen LogP contribution is 2.36. The Labute approximate surface area is 191 Å².